The van der Waals surface area contributed by atoms with Crippen molar-refractivity contribution in [1.82, 2.24) is 9.55 Å². The lowest BCUT2D eigenvalue weighted by molar-refractivity contribution is 0.413. The van der Waals surface area contributed by atoms with Gasteiger partial charge in [0.25, 0.3) is 0 Å². The molecule has 1 aromatic heterocycles. The molecule has 2 aromatic rings. The Morgan fingerprint density at radius 3 is 2.61 bits per heavy atom. The largest absolute Gasteiger partial charge is 0.331 e. The molecule has 0 radical (unpaired) electrons. The van der Waals surface area contributed by atoms with Crippen LogP contribution in [0.4, 0.5) is 0 Å². The molecule has 0 saturated heterocycles. The van der Waals surface area contributed by atoms with E-state index in [1.807, 2.05) is 12.1 Å². The van der Waals surface area contributed by atoms with Crippen LogP contribution < -0.4 is 0 Å². The molecular formula is C13H14Cl2N2S. The fourth-order valence-corrected chi connectivity index (χ4v) is 3.04. The van der Waals surface area contributed by atoms with E-state index in [-0.39, 0.29) is 0 Å². The van der Waals surface area contributed by atoms with E-state index in [2.05, 4.69) is 16.5 Å². The maximum absolute atomic E-state index is 6.10. The summed E-state index contributed by atoms with van der Waals surface area (Å²) >= 11 is 17.5. The van der Waals surface area contributed by atoms with Gasteiger partial charge < -0.3 is 9.55 Å². The van der Waals surface area contributed by atoms with Crippen molar-refractivity contribution in [3.05, 3.63) is 26.9 Å². The van der Waals surface area contributed by atoms with Crippen LogP contribution in [0.3, 0.4) is 0 Å². The highest BCUT2D eigenvalue weighted by Gasteiger charge is 2.41. The highest BCUT2D eigenvalue weighted by molar-refractivity contribution is 7.71. The van der Waals surface area contributed by atoms with Crippen molar-refractivity contribution in [2.45, 2.75) is 32.7 Å². The number of aromatic nitrogens is 2. The van der Waals surface area contributed by atoms with Crippen molar-refractivity contribution in [3.63, 3.8) is 0 Å². The SMILES string of the molecule is CCC1(Cn2c(=S)[nH]c3cc(Cl)c(Cl)cc32)CC1. The lowest BCUT2D eigenvalue weighted by Crippen LogP contribution is -2.10. The summed E-state index contributed by atoms with van der Waals surface area (Å²) in [5.74, 6) is 0. The van der Waals surface area contributed by atoms with E-state index in [1.165, 1.54) is 19.3 Å². The Kier molecular flexibility index (Phi) is 2.96. The quantitative estimate of drug-likeness (QED) is 0.773. The number of imidazole rings is 1. The normalized spacial score (nSPS) is 17.3. The van der Waals surface area contributed by atoms with E-state index >= 15 is 0 Å². The van der Waals surface area contributed by atoms with Crippen LogP contribution in [0.5, 0.6) is 0 Å². The summed E-state index contributed by atoms with van der Waals surface area (Å²) in [6, 6.07) is 3.74. The lowest BCUT2D eigenvalue weighted by Gasteiger charge is -2.14. The molecule has 0 spiro atoms. The van der Waals surface area contributed by atoms with Gasteiger partial charge in [-0.05, 0) is 49.0 Å². The first kappa shape index (κ1) is 12.5. The smallest absolute Gasteiger partial charge is 0.178 e. The zero-order chi connectivity index (χ0) is 12.9. The molecule has 2 nitrogen and oxygen atoms in total. The van der Waals surface area contributed by atoms with Gasteiger partial charge in [0, 0.05) is 6.54 Å². The molecule has 0 atom stereocenters. The number of halogens is 2. The first-order chi connectivity index (χ1) is 8.54. The number of aromatic amines is 1. The van der Waals surface area contributed by atoms with E-state index in [9.17, 15) is 0 Å². The first-order valence-electron chi connectivity index (χ1n) is 6.12. The molecule has 96 valence electrons. The predicted octanol–water partition coefficient (Wildman–Crippen LogP) is 5.20. The Morgan fingerprint density at radius 1 is 1.33 bits per heavy atom. The van der Waals surface area contributed by atoms with Gasteiger partial charge in [0.2, 0.25) is 0 Å². The number of nitrogens with zero attached hydrogens (tertiary/aromatic N) is 1. The molecule has 1 fully saturated rings. The molecule has 1 aliphatic carbocycles. The average Bonchev–Trinajstić information content (AvgIpc) is 3.05. The van der Waals surface area contributed by atoms with Gasteiger partial charge in [-0.15, -0.1) is 0 Å². The van der Waals surface area contributed by atoms with Crippen molar-refractivity contribution in [2.24, 2.45) is 5.41 Å². The highest BCUT2D eigenvalue weighted by Crippen LogP contribution is 2.50. The van der Waals surface area contributed by atoms with Gasteiger partial charge in [-0.1, -0.05) is 30.1 Å². The fraction of sp³-hybridized carbons (Fsp3) is 0.462. The molecular weight excluding hydrogens is 287 g/mol. The summed E-state index contributed by atoms with van der Waals surface area (Å²) in [5.41, 5.74) is 2.45. The zero-order valence-electron chi connectivity index (χ0n) is 10.1. The van der Waals surface area contributed by atoms with Crippen LogP contribution >= 0.6 is 35.4 Å². The molecule has 0 aliphatic heterocycles. The van der Waals surface area contributed by atoms with E-state index in [1.54, 1.807) is 0 Å². The minimum atomic E-state index is 0.444. The van der Waals surface area contributed by atoms with Crippen molar-refractivity contribution in [3.8, 4) is 0 Å². The zero-order valence-corrected chi connectivity index (χ0v) is 12.4. The van der Waals surface area contributed by atoms with Gasteiger partial charge in [0.05, 0.1) is 21.1 Å². The van der Waals surface area contributed by atoms with E-state index < -0.39 is 0 Å². The summed E-state index contributed by atoms with van der Waals surface area (Å²) in [6.45, 7) is 3.22. The third kappa shape index (κ3) is 1.98. The number of hydrogen-bond donors (Lipinski definition) is 1. The number of H-pyrrole nitrogens is 1. The standard InChI is InChI=1S/C13H14Cl2N2S/c1-2-13(3-4-13)7-17-11-6-9(15)8(14)5-10(11)16-12(17)18/h5-6H,2-4,7H2,1H3,(H,16,18). The van der Waals surface area contributed by atoms with Crippen molar-refractivity contribution >= 4 is 46.5 Å². The highest BCUT2D eigenvalue weighted by atomic mass is 35.5. The summed E-state index contributed by atoms with van der Waals surface area (Å²) in [4.78, 5) is 3.20. The maximum atomic E-state index is 6.10. The average molecular weight is 301 g/mol. The Balaban J connectivity index is 2.13. The molecule has 1 aliphatic rings. The summed E-state index contributed by atoms with van der Waals surface area (Å²) in [6.07, 6.45) is 3.78. The molecule has 0 unspecified atom stereocenters. The first-order valence-corrected chi connectivity index (χ1v) is 7.29. The van der Waals surface area contributed by atoms with Crippen LogP contribution in [-0.2, 0) is 6.54 Å². The Labute approximate surface area is 121 Å². The Bertz CT molecular complexity index is 667. The maximum Gasteiger partial charge on any atom is 0.178 e. The summed E-state index contributed by atoms with van der Waals surface area (Å²) in [5, 5.41) is 1.14. The summed E-state index contributed by atoms with van der Waals surface area (Å²) in [7, 11) is 0. The van der Waals surface area contributed by atoms with Crippen LogP contribution in [0.2, 0.25) is 10.0 Å². The Morgan fingerprint density at radius 2 is 2.00 bits per heavy atom. The van der Waals surface area contributed by atoms with Crippen LogP contribution in [0.25, 0.3) is 11.0 Å². The van der Waals surface area contributed by atoms with E-state index in [0.717, 1.165) is 22.3 Å². The molecule has 1 heterocycles. The fourth-order valence-electron chi connectivity index (χ4n) is 2.44. The third-order valence-electron chi connectivity index (χ3n) is 4.02. The summed E-state index contributed by atoms with van der Waals surface area (Å²) < 4.78 is 2.91. The van der Waals surface area contributed by atoms with Gasteiger partial charge in [-0.2, -0.15) is 0 Å². The van der Waals surface area contributed by atoms with E-state index in [0.29, 0.717) is 15.5 Å². The van der Waals surface area contributed by atoms with Crippen LogP contribution in [0.15, 0.2) is 12.1 Å². The second-order valence-corrected chi connectivity index (χ2v) is 6.35. The Hall–Kier alpha value is -0.510. The van der Waals surface area contributed by atoms with Gasteiger partial charge in [0.15, 0.2) is 4.77 Å². The number of benzene rings is 1. The molecule has 3 rings (SSSR count). The van der Waals surface area contributed by atoms with Crippen molar-refractivity contribution < 1.29 is 0 Å². The van der Waals surface area contributed by atoms with Crippen LogP contribution in [0.1, 0.15) is 26.2 Å². The monoisotopic (exact) mass is 300 g/mol. The second-order valence-electron chi connectivity index (χ2n) is 5.15. The van der Waals surface area contributed by atoms with Crippen molar-refractivity contribution in [2.75, 3.05) is 0 Å². The minimum Gasteiger partial charge on any atom is -0.331 e. The second kappa shape index (κ2) is 4.26. The van der Waals surface area contributed by atoms with Crippen LogP contribution in [-0.4, -0.2) is 9.55 Å². The number of nitrogens with one attached hydrogen (secondary N) is 1. The lowest BCUT2D eigenvalue weighted by atomic mass is 10.0. The van der Waals surface area contributed by atoms with Gasteiger partial charge >= 0.3 is 0 Å². The van der Waals surface area contributed by atoms with Crippen LogP contribution in [0, 0.1) is 10.2 Å². The topological polar surface area (TPSA) is 20.7 Å². The number of hydrogen-bond acceptors (Lipinski definition) is 1. The molecule has 1 N–H and O–H groups in total. The number of fused-ring (bicyclic) bond motifs is 1. The van der Waals surface area contributed by atoms with Gasteiger partial charge in [0.1, 0.15) is 0 Å². The molecule has 18 heavy (non-hydrogen) atoms. The predicted molar refractivity (Wildman–Crippen MR) is 79.1 cm³/mol. The third-order valence-corrected chi connectivity index (χ3v) is 5.06. The van der Waals surface area contributed by atoms with E-state index in [4.69, 9.17) is 35.4 Å². The minimum absolute atomic E-state index is 0.444. The molecule has 1 saturated carbocycles. The van der Waals surface area contributed by atoms with Crippen molar-refractivity contribution in [1.29, 1.82) is 0 Å². The molecule has 5 heteroatoms. The van der Waals surface area contributed by atoms with Gasteiger partial charge in [-0.3, -0.25) is 0 Å². The molecule has 1 aromatic carbocycles. The van der Waals surface area contributed by atoms with Gasteiger partial charge in [-0.25, -0.2) is 0 Å². The molecule has 0 amide bonds. The number of rotatable bonds is 3. The molecule has 0 bridgehead atoms.